The molecule has 0 saturated carbocycles. The Labute approximate surface area is 168 Å². The van der Waals surface area contributed by atoms with Crippen molar-refractivity contribution in [1.29, 1.82) is 0 Å². The van der Waals surface area contributed by atoms with E-state index < -0.39 is 0 Å². The third-order valence-electron chi connectivity index (χ3n) is 4.63. The molecule has 0 bridgehead atoms. The number of carbonyl (C=O) groups excluding carboxylic acids is 1. The Bertz CT molecular complexity index is 995. The van der Waals surface area contributed by atoms with Crippen LogP contribution in [0.1, 0.15) is 41.2 Å². The van der Waals surface area contributed by atoms with Crippen LogP contribution in [0.4, 0.5) is 5.69 Å². The number of anilines is 1. The highest BCUT2D eigenvalue weighted by Crippen LogP contribution is 2.36. The molecular weight excluding hydrogens is 374 g/mol. The van der Waals surface area contributed by atoms with Crippen LogP contribution in [-0.2, 0) is 17.6 Å². The Balaban J connectivity index is 1.82. The quantitative estimate of drug-likeness (QED) is 0.441. The lowest BCUT2D eigenvalue weighted by Crippen LogP contribution is -2.16. The Morgan fingerprint density at radius 1 is 1.15 bits per heavy atom. The third kappa shape index (κ3) is 4.17. The van der Waals surface area contributed by atoms with E-state index in [0.717, 1.165) is 50.7 Å². The fraction of sp³-hybridized carbons (Fsp3) is 0.381. The largest absolute Gasteiger partial charge is 0.325 e. The zero-order valence-electron chi connectivity index (χ0n) is 16.5. The fourth-order valence-corrected chi connectivity index (χ4v) is 5.40. The van der Waals surface area contributed by atoms with Crippen LogP contribution in [0.25, 0.3) is 10.2 Å². The minimum Gasteiger partial charge on any atom is -0.325 e. The molecule has 0 aliphatic rings. The van der Waals surface area contributed by atoms with Gasteiger partial charge in [-0.25, -0.2) is 9.97 Å². The number of hydrogen-bond donors (Lipinski definition) is 1. The van der Waals surface area contributed by atoms with Gasteiger partial charge in [0.2, 0.25) is 5.91 Å². The van der Waals surface area contributed by atoms with Gasteiger partial charge in [-0.3, -0.25) is 4.79 Å². The molecule has 2 heterocycles. The summed E-state index contributed by atoms with van der Waals surface area (Å²) in [6.07, 6.45) is 1.84. The predicted octanol–water partition coefficient (Wildman–Crippen LogP) is 5.47. The average Bonchev–Trinajstić information content (AvgIpc) is 2.96. The molecule has 1 aromatic carbocycles. The summed E-state index contributed by atoms with van der Waals surface area (Å²) in [4.78, 5) is 24.1. The SMILES string of the molecule is CCc1cccc(C)c1NC(=O)CSc1nc(C)nc2sc(C)c(CC)c12. The van der Waals surface area contributed by atoms with Crippen LogP contribution in [0.15, 0.2) is 23.2 Å². The number of aryl methyl sites for hydroxylation is 5. The minimum atomic E-state index is -0.00147. The van der Waals surface area contributed by atoms with Crippen molar-refractivity contribution in [3.63, 3.8) is 0 Å². The molecule has 1 N–H and O–H groups in total. The lowest BCUT2D eigenvalue weighted by molar-refractivity contribution is -0.113. The maximum Gasteiger partial charge on any atom is 0.234 e. The third-order valence-corrected chi connectivity index (χ3v) is 6.65. The molecule has 0 spiro atoms. The summed E-state index contributed by atoms with van der Waals surface area (Å²) < 4.78 is 0. The minimum absolute atomic E-state index is 0.00147. The Hall–Kier alpha value is -1.92. The Morgan fingerprint density at radius 3 is 2.63 bits per heavy atom. The van der Waals surface area contributed by atoms with Gasteiger partial charge < -0.3 is 5.32 Å². The van der Waals surface area contributed by atoms with Gasteiger partial charge in [0.1, 0.15) is 15.7 Å². The maximum absolute atomic E-state index is 12.6. The summed E-state index contributed by atoms with van der Waals surface area (Å²) in [5.41, 5.74) is 4.49. The first-order valence-corrected chi connectivity index (χ1v) is 11.0. The highest BCUT2D eigenvalue weighted by Gasteiger charge is 2.17. The second kappa shape index (κ2) is 8.40. The van der Waals surface area contributed by atoms with Crippen molar-refractivity contribution >= 4 is 44.9 Å². The number of carbonyl (C=O) groups is 1. The van der Waals surface area contributed by atoms with E-state index in [9.17, 15) is 4.79 Å². The number of thiophene rings is 1. The van der Waals surface area contributed by atoms with Gasteiger partial charge in [-0.2, -0.15) is 0 Å². The number of rotatable bonds is 6. The first kappa shape index (κ1) is 19.8. The van der Waals surface area contributed by atoms with Crippen LogP contribution in [-0.4, -0.2) is 21.6 Å². The predicted molar refractivity (Wildman–Crippen MR) is 116 cm³/mol. The average molecular weight is 400 g/mol. The number of nitrogens with zero attached hydrogens (tertiary/aromatic N) is 2. The van der Waals surface area contributed by atoms with Crippen molar-refractivity contribution in [2.24, 2.45) is 0 Å². The smallest absolute Gasteiger partial charge is 0.234 e. The van der Waals surface area contributed by atoms with Crippen LogP contribution in [0, 0.1) is 20.8 Å². The van der Waals surface area contributed by atoms with Crippen molar-refractivity contribution in [3.05, 3.63) is 45.6 Å². The van der Waals surface area contributed by atoms with Crippen LogP contribution < -0.4 is 5.32 Å². The van der Waals surface area contributed by atoms with Gasteiger partial charge in [0.15, 0.2) is 0 Å². The van der Waals surface area contributed by atoms with Crippen molar-refractivity contribution < 1.29 is 4.79 Å². The van der Waals surface area contributed by atoms with E-state index in [2.05, 4.69) is 42.1 Å². The standard InChI is InChI=1S/C21H25N3OS2/c1-6-15-10-8-9-12(3)19(15)24-17(25)11-26-20-18-16(7-2)13(4)27-21(18)23-14(5)22-20/h8-10H,6-7,11H2,1-5H3,(H,24,25). The molecule has 0 aliphatic heterocycles. The first-order chi connectivity index (χ1) is 12.9. The van der Waals surface area contributed by atoms with Gasteiger partial charge in [-0.15, -0.1) is 11.3 Å². The van der Waals surface area contributed by atoms with Crippen LogP contribution in [0.3, 0.4) is 0 Å². The highest BCUT2D eigenvalue weighted by molar-refractivity contribution is 8.00. The normalized spacial score (nSPS) is 11.1. The van der Waals surface area contributed by atoms with Crippen molar-refractivity contribution in [3.8, 4) is 0 Å². The molecule has 2 aromatic heterocycles. The summed E-state index contributed by atoms with van der Waals surface area (Å²) in [5.74, 6) is 1.08. The Morgan fingerprint density at radius 2 is 1.93 bits per heavy atom. The van der Waals surface area contributed by atoms with E-state index in [0.29, 0.717) is 5.75 Å². The second-order valence-electron chi connectivity index (χ2n) is 6.55. The fourth-order valence-electron chi connectivity index (χ4n) is 3.28. The summed E-state index contributed by atoms with van der Waals surface area (Å²) in [7, 11) is 0. The molecule has 0 aliphatic carbocycles. The van der Waals surface area contributed by atoms with Crippen molar-refractivity contribution in [2.75, 3.05) is 11.1 Å². The van der Waals surface area contributed by atoms with Gasteiger partial charge in [0.25, 0.3) is 0 Å². The summed E-state index contributed by atoms with van der Waals surface area (Å²) >= 11 is 3.21. The lowest BCUT2D eigenvalue weighted by atomic mass is 10.1. The molecule has 142 valence electrons. The molecule has 0 radical (unpaired) electrons. The Kier molecular flexibility index (Phi) is 6.17. The maximum atomic E-state index is 12.6. The van der Waals surface area contributed by atoms with E-state index in [-0.39, 0.29) is 5.91 Å². The molecule has 0 fully saturated rings. The van der Waals surface area contributed by atoms with E-state index in [1.807, 2.05) is 26.0 Å². The molecule has 4 nitrogen and oxygen atoms in total. The van der Waals surface area contributed by atoms with E-state index in [4.69, 9.17) is 0 Å². The van der Waals surface area contributed by atoms with Crippen molar-refractivity contribution in [1.82, 2.24) is 9.97 Å². The molecule has 6 heteroatoms. The number of fused-ring (bicyclic) bond motifs is 1. The van der Waals surface area contributed by atoms with Crippen LogP contribution >= 0.6 is 23.1 Å². The number of hydrogen-bond acceptors (Lipinski definition) is 5. The van der Waals surface area contributed by atoms with Crippen LogP contribution in [0.5, 0.6) is 0 Å². The number of aromatic nitrogens is 2. The van der Waals surface area contributed by atoms with Gasteiger partial charge in [0, 0.05) is 16.0 Å². The zero-order valence-corrected chi connectivity index (χ0v) is 18.1. The summed E-state index contributed by atoms with van der Waals surface area (Å²) in [6.45, 7) is 10.3. The van der Waals surface area contributed by atoms with E-state index in [1.165, 1.54) is 22.2 Å². The lowest BCUT2D eigenvalue weighted by Gasteiger charge is -2.13. The second-order valence-corrected chi connectivity index (χ2v) is 8.71. The van der Waals surface area contributed by atoms with Crippen LogP contribution in [0.2, 0.25) is 0 Å². The molecule has 0 saturated heterocycles. The number of amides is 1. The molecule has 0 unspecified atom stereocenters. The van der Waals surface area contributed by atoms with Gasteiger partial charge in [0.05, 0.1) is 5.75 Å². The van der Waals surface area contributed by atoms with Crippen molar-refractivity contribution in [2.45, 2.75) is 52.5 Å². The highest BCUT2D eigenvalue weighted by atomic mass is 32.2. The molecule has 0 atom stereocenters. The number of thioether (sulfide) groups is 1. The number of nitrogens with one attached hydrogen (secondary N) is 1. The number of benzene rings is 1. The molecular formula is C21H25N3OS2. The molecule has 3 aromatic rings. The first-order valence-electron chi connectivity index (χ1n) is 9.22. The van der Waals surface area contributed by atoms with Gasteiger partial charge >= 0.3 is 0 Å². The van der Waals surface area contributed by atoms with Gasteiger partial charge in [-0.05, 0) is 50.3 Å². The topological polar surface area (TPSA) is 54.9 Å². The zero-order chi connectivity index (χ0) is 19.6. The summed E-state index contributed by atoms with van der Waals surface area (Å²) in [5, 5.41) is 5.13. The monoisotopic (exact) mass is 399 g/mol. The van der Waals surface area contributed by atoms with E-state index in [1.54, 1.807) is 11.3 Å². The molecule has 3 rings (SSSR count). The van der Waals surface area contributed by atoms with Gasteiger partial charge in [-0.1, -0.05) is 43.8 Å². The van der Waals surface area contributed by atoms with E-state index >= 15 is 0 Å². The summed E-state index contributed by atoms with van der Waals surface area (Å²) in [6, 6.07) is 6.12. The molecule has 1 amide bonds. The molecule has 27 heavy (non-hydrogen) atoms. The number of para-hydroxylation sites is 1.